The third-order valence-electron chi connectivity index (χ3n) is 4.52. The molecule has 8 heteroatoms. The Bertz CT molecular complexity index is 1240. The van der Waals surface area contributed by atoms with E-state index in [0.717, 1.165) is 28.2 Å². The van der Waals surface area contributed by atoms with Gasteiger partial charge in [-0.15, -0.1) is 11.3 Å². The first kappa shape index (κ1) is 20.4. The summed E-state index contributed by atoms with van der Waals surface area (Å²) in [6, 6.07) is 16.5. The van der Waals surface area contributed by atoms with Crippen molar-refractivity contribution in [1.29, 1.82) is 0 Å². The fourth-order valence-corrected chi connectivity index (χ4v) is 4.14. The first-order valence-corrected chi connectivity index (χ1v) is 10.1. The van der Waals surface area contributed by atoms with Crippen molar-refractivity contribution in [3.05, 3.63) is 93.5 Å². The Labute approximate surface area is 179 Å². The van der Waals surface area contributed by atoms with E-state index in [9.17, 15) is 18.0 Å². The van der Waals surface area contributed by atoms with Gasteiger partial charge in [-0.3, -0.25) is 10.1 Å². The number of thiazole rings is 1. The van der Waals surface area contributed by atoms with Crippen LogP contribution in [0.25, 0.3) is 10.8 Å². The number of rotatable bonds is 4. The molecule has 0 fully saturated rings. The lowest BCUT2D eigenvalue weighted by molar-refractivity contribution is -0.138. The van der Waals surface area contributed by atoms with E-state index in [1.165, 1.54) is 18.3 Å². The summed E-state index contributed by atoms with van der Waals surface area (Å²) in [5, 5.41) is 5.21. The number of nitrogens with zero attached hydrogens (tertiary/aromatic N) is 1. The summed E-state index contributed by atoms with van der Waals surface area (Å²) in [7, 11) is 0. The monoisotopic (exact) mass is 446 g/mol. The molecule has 3 aromatic carbocycles. The lowest BCUT2D eigenvalue weighted by atomic mass is 10.0. The maximum atomic E-state index is 13.2. The van der Waals surface area contributed by atoms with Gasteiger partial charge in [0.25, 0.3) is 5.91 Å². The van der Waals surface area contributed by atoms with Gasteiger partial charge in [-0.1, -0.05) is 41.9 Å². The molecule has 0 aliphatic rings. The highest BCUT2D eigenvalue weighted by molar-refractivity contribution is 7.15. The molecule has 3 nitrogen and oxygen atoms in total. The summed E-state index contributed by atoms with van der Waals surface area (Å²) >= 11 is 7.01. The first-order valence-electron chi connectivity index (χ1n) is 8.90. The van der Waals surface area contributed by atoms with Crippen molar-refractivity contribution >= 4 is 44.7 Å². The smallest absolute Gasteiger partial charge is 0.298 e. The van der Waals surface area contributed by atoms with Crippen molar-refractivity contribution in [2.75, 3.05) is 5.32 Å². The molecule has 0 saturated heterocycles. The van der Waals surface area contributed by atoms with Crippen molar-refractivity contribution in [2.24, 2.45) is 0 Å². The van der Waals surface area contributed by atoms with Crippen molar-refractivity contribution in [3.63, 3.8) is 0 Å². The minimum atomic E-state index is -4.47. The van der Waals surface area contributed by atoms with Crippen molar-refractivity contribution in [1.82, 2.24) is 4.98 Å². The van der Waals surface area contributed by atoms with Crippen LogP contribution in [0.4, 0.5) is 18.3 Å². The van der Waals surface area contributed by atoms with Crippen LogP contribution in [0, 0.1) is 0 Å². The number of hydrogen-bond donors (Lipinski definition) is 1. The second kappa shape index (κ2) is 8.08. The van der Waals surface area contributed by atoms with Crippen molar-refractivity contribution in [2.45, 2.75) is 12.6 Å². The number of fused-ring (bicyclic) bond motifs is 1. The van der Waals surface area contributed by atoms with Crippen LogP contribution < -0.4 is 5.32 Å². The van der Waals surface area contributed by atoms with Crippen LogP contribution in [0.15, 0.2) is 66.9 Å². The SMILES string of the molecule is O=C(Nc1ncc(Cc2cc(Cl)ccc2C(F)(F)F)s1)c1ccc2ccccc2c1. The van der Waals surface area contributed by atoms with Gasteiger partial charge >= 0.3 is 6.18 Å². The predicted octanol–water partition coefficient (Wildman–Crippen LogP) is 6.81. The van der Waals surface area contributed by atoms with Crippen LogP contribution in [-0.2, 0) is 12.6 Å². The van der Waals surface area contributed by atoms with E-state index in [0.29, 0.717) is 15.6 Å². The van der Waals surface area contributed by atoms with Crippen LogP contribution in [0.1, 0.15) is 26.4 Å². The molecular formula is C22H14ClF3N2OS. The minimum Gasteiger partial charge on any atom is -0.298 e. The minimum absolute atomic E-state index is 0.0128. The van der Waals surface area contributed by atoms with Gasteiger partial charge in [0.05, 0.1) is 5.56 Å². The van der Waals surface area contributed by atoms with Crippen molar-refractivity contribution < 1.29 is 18.0 Å². The lowest BCUT2D eigenvalue weighted by Crippen LogP contribution is -2.11. The summed E-state index contributed by atoms with van der Waals surface area (Å²) in [4.78, 5) is 17.3. The topological polar surface area (TPSA) is 42.0 Å². The molecule has 0 spiro atoms. The molecule has 4 rings (SSSR count). The molecule has 152 valence electrons. The molecule has 1 amide bonds. The third kappa shape index (κ3) is 4.47. The summed E-state index contributed by atoms with van der Waals surface area (Å²) in [6.07, 6.45) is -3.00. The summed E-state index contributed by atoms with van der Waals surface area (Å²) in [6.45, 7) is 0. The molecule has 0 aliphatic heterocycles. The van der Waals surface area contributed by atoms with E-state index in [1.807, 2.05) is 30.3 Å². The average molecular weight is 447 g/mol. The number of benzene rings is 3. The average Bonchev–Trinajstić information content (AvgIpc) is 3.13. The van der Waals surface area contributed by atoms with Gasteiger partial charge < -0.3 is 0 Å². The van der Waals surface area contributed by atoms with E-state index in [-0.39, 0.29) is 22.9 Å². The molecule has 1 aromatic heterocycles. The molecule has 0 atom stereocenters. The number of carbonyl (C=O) groups is 1. The molecule has 1 heterocycles. The second-order valence-electron chi connectivity index (χ2n) is 6.62. The number of halogens is 4. The Kier molecular flexibility index (Phi) is 5.49. The number of alkyl halides is 3. The largest absolute Gasteiger partial charge is 0.416 e. The molecule has 0 radical (unpaired) electrons. The number of hydrogen-bond acceptors (Lipinski definition) is 3. The fraction of sp³-hybridized carbons (Fsp3) is 0.0909. The van der Waals surface area contributed by atoms with Crippen LogP contribution in [0.3, 0.4) is 0 Å². The van der Waals surface area contributed by atoms with Gasteiger partial charge in [0, 0.05) is 28.1 Å². The molecule has 0 saturated carbocycles. The summed E-state index contributed by atoms with van der Waals surface area (Å²) in [5.41, 5.74) is -0.201. The predicted molar refractivity (Wildman–Crippen MR) is 113 cm³/mol. The molecule has 4 aromatic rings. The number of carbonyl (C=O) groups excluding carboxylic acids is 1. The van der Waals surface area contributed by atoms with Gasteiger partial charge in [0.15, 0.2) is 5.13 Å². The number of anilines is 1. The Hall–Kier alpha value is -2.90. The highest BCUT2D eigenvalue weighted by Gasteiger charge is 2.33. The van der Waals surface area contributed by atoms with E-state index < -0.39 is 11.7 Å². The fourth-order valence-electron chi connectivity index (χ4n) is 3.12. The molecule has 0 aliphatic carbocycles. The van der Waals surface area contributed by atoms with E-state index >= 15 is 0 Å². The summed E-state index contributed by atoms with van der Waals surface area (Å²) < 4.78 is 39.7. The molecule has 1 N–H and O–H groups in total. The number of aromatic nitrogens is 1. The Morgan fingerprint density at radius 1 is 1.03 bits per heavy atom. The molecule has 0 unspecified atom stereocenters. The third-order valence-corrected chi connectivity index (χ3v) is 5.67. The zero-order valence-corrected chi connectivity index (χ0v) is 16.9. The number of amides is 1. The van der Waals surface area contributed by atoms with Crippen LogP contribution >= 0.6 is 22.9 Å². The molecular weight excluding hydrogens is 433 g/mol. The highest BCUT2D eigenvalue weighted by Crippen LogP contribution is 2.35. The van der Waals surface area contributed by atoms with Gasteiger partial charge in [0.1, 0.15) is 0 Å². The Balaban J connectivity index is 1.52. The molecule has 0 bridgehead atoms. The highest BCUT2D eigenvalue weighted by atomic mass is 35.5. The molecule has 30 heavy (non-hydrogen) atoms. The maximum absolute atomic E-state index is 13.2. The van der Waals surface area contributed by atoms with Gasteiger partial charge in [-0.2, -0.15) is 13.2 Å². The lowest BCUT2D eigenvalue weighted by Gasteiger charge is -2.12. The normalized spacial score (nSPS) is 11.6. The second-order valence-corrected chi connectivity index (χ2v) is 8.18. The van der Waals surface area contributed by atoms with Crippen molar-refractivity contribution in [3.8, 4) is 0 Å². The summed E-state index contributed by atoms with van der Waals surface area (Å²) in [5.74, 6) is -0.333. The zero-order valence-electron chi connectivity index (χ0n) is 15.3. The van der Waals surface area contributed by atoms with E-state index in [4.69, 9.17) is 11.6 Å². The Morgan fingerprint density at radius 3 is 2.57 bits per heavy atom. The zero-order chi connectivity index (χ0) is 21.3. The standard InChI is InChI=1S/C22H14ClF3N2OS/c23-17-7-8-19(22(24,25)26)16(10-17)11-18-12-27-21(30-18)28-20(29)15-6-5-13-3-1-2-4-14(13)9-15/h1-10,12H,11H2,(H,27,28,29). The van der Waals surface area contributed by atoms with E-state index in [2.05, 4.69) is 10.3 Å². The van der Waals surface area contributed by atoms with E-state index in [1.54, 1.807) is 12.1 Å². The van der Waals surface area contributed by atoms with Gasteiger partial charge in [-0.25, -0.2) is 4.98 Å². The van der Waals surface area contributed by atoms with Gasteiger partial charge in [-0.05, 0) is 46.7 Å². The van der Waals surface area contributed by atoms with Gasteiger partial charge in [0.2, 0.25) is 0 Å². The maximum Gasteiger partial charge on any atom is 0.416 e. The quantitative estimate of drug-likeness (QED) is 0.374. The van der Waals surface area contributed by atoms with Crippen LogP contribution in [-0.4, -0.2) is 10.9 Å². The Morgan fingerprint density at radius 2 is 1.80 bits per heavy atom. The first-order chi connectivity index (χ1) is 14.3. The van der Waals surface area contributed by atoms with Crippen LogP contribution in [0.5, 0.6) is 0 Å². The number of nitrogens with one attached hydrogen (secondary N) is 1. The van der Waals surface area contributed by atoms with Crippen LogP contribution in [0.2, 0.25) is 5.02 Å².